The van der Waals surface area contributed by atoms with Crippen LogP contribution in [-0.4, -0.2) is 26.4 Å². The zero-order valence-corrected chi connectivity index (χ0v) is 22.0. The second-order valence-corrected chi connectivity index (χ2v) is 10.4. The molecule has 3 aromatic heterocycles. The van der Waals surface area contributed by atoms with Crippen molar-refractivity contribution in [3.63, 3.8) is 0 Å². The number of carbonyl (C=O) groups is 2. The van der Waals surface area contributed by atoms with Crippen LogP contribution in [0.5, 0.6) is 0 Å². The minimum absolute atomic E-state index is 0.209. The quantitative estimate of drug-likeness (QED) is 0.239. The number of carboxylic acid groups (broad SMARTS) is 1. The molecule has 0 bridgehead atoms. The fourth-order valence-electron chi connectivity index (χ4n) is 4.93. The van der Waals surface area contributed by atoms with Gasteiger partial charge in [0.15, 0.2) is 0 Å². The highest BCUT2D eigenvalue weighted by Crippen LogP contribution is 2.28. The minimum atomic E-state index is -0.971. The van der Waals surface area contributed by atoms with Crippen molar-refractivity contribution in [3.05, 3.63) is 130 Å². The van der Waals surface area contributed by atoms with E-state index in [2.05, 4.69) is 41.0 Å². The minimum Gasteiger partial charge on any atom is -0.478 e. The number of carboxylic acids is 1. The van der Waals surface area contributed by atoms with Crippen LogP contribution in [-0.2, 0) is 13.0 Å². The Hall–Kier alpha value is -4.75. The topological polar surface area (TPSA) is 83.7 Å². The predicted octanol–water partition coefficient (Wildman–Crippen LogP) is 6.74. The number of amides is 1. The Labute approximate surface area is 229 Å². The van der Waals surface area contributed by atoms with E-state index < -0.39 is 5.97 Å². The van der Waals surface area contributed by atoms with E-state index in [9.17, 15) is 14.7 Å². The highest BCUT2D eigenvalue weighted by molar-refractivity contribution is 7.08. The van der Waals surface area contributed by atoms with Crippen LogP contribution in [0.4, 0.5) is 0 Å². The van der Waals surface area contributed by atoms with E-state index in [-0.39, 0.29) is 18.0 Å². The molecule has 39 heavy (non-hydrogen) atoms. The number of aromatic nitrogens is 2. The summed E-state index contributed by atoms with van der Waals surface area (Å²) in [7, 11) is 0. The number of hydrogen-bond acceptors (Lipinski definition) is 4. The second kappa shape index (κ2) is 10.2. The van der Waals surface area contributed by atoms with Gasteiger partial charge in [-0.1, -0.05) is 48.5 Å². The Bertz CT molecular complexity index is 1850. The van der Waals surface area contributed by atoms with Crippen molar-refractivity contribution in [2.45, 2.75) is 19.9 Å². The first kappa shape index (κ1) is 24.6. The summed E-state index contributed by atoms with van der Waals surface area (Å²) in [4.78, 5) is 29.7. The fraction of sp³-hybridized carbons (Fsp3) is 0.0938. The van der Waals surface area contributed by atoms with Crippen molar-refractivity contribution in [1.29, 1.82) is 0 Å². The highest BCUT2D eigenvalue weighted by Gasteiger charge is 2.19. The van der Waals surface area contributed by atoms with Crippen molar-refractivity contribution < 1.29 is 14.7 Å². The molecule has 0 fully saturated rings. The Morgan fingerprint density at radius 2 is 1.82 bits per heavy atom. The van der Waals surface area contributed by atoms with Gasteiger partial charge in [0.25, 0.3) is 5.91 Å². The normalized spacial score (nSPS) is 11.2. The average molecular weight is 532 g/mol. The van der Waals surface area contributed by atoms with Crippen molar-refractivity contribution in [1.82, 2.24) is 14.7 Å². The number of benzene rings is 3. The highest BCUT2D eigenvalue weighted by atomic mass is 32.1. The second-order valence-electron chi connectivity index (χ2n) is 9.59. The van der Waals surface area contributed by atoms with E-state index >= 15 is 0 Å². The lowest BCUT2D eigenvalue weighted by atomic mass is 10.0. The number of fused-ring (bicyclic) bond motifs is 2. The Morgan fingerprint density at radius 1 is 0.974 bits per heavy atom. The van der Waals surface area contributed by atoms with E-state index in [0.717, 1.165) is 39.0 Å². The van der Waals surface area contributed by atoms with E-state index in [4.69, 9.17) is 4.98 Å². The summed E-state index contributed by atoms with van der Waals surface area (Å²) < 4.78 is 1.94. The molecular formula is C32H25N3O3S. The fourth-order valence-corrected chi connectivity index (χ4v) is 5.60. The molecule has 0 atom stereocenters. The summed E-state index contributed by atoms with van der Waals surface area (Å²) in [5, 5.41) is 18.7. The molecule has 7 heteroatoms. The lowest BCUT2D eigenvalue weighted by molar-refractivity contribution is 0.0696. The predicted molar refractivity (Wildman–Crippen MR) is 155 cm³/mol. The molecule has 0 unspecified atom stereocenters. The van der Waals surface area contributed by atoms with Crippen molar-refractivity contribution >= 4 is 39.5 Å². The third kappa shape index (κ3) is 4.92. The molecule has 0 aliphatic rings. The Morgan fingerprint density at radius 3 is 2.59 bits per heavy atom. The van der Waals surface area contributed by atoms with Gasteiger partial charge in [-0.3, -0.25) is 4.79 Å². The zero-order chi connectivity index (χ0) is 26.9. The molecule has 0 aliphatic carbocycles. The summed E-state index contributed by atoms with van der Waals surface area (Å²) in [6.07, 6.45) is 4.38. The third-order valence-electron chi connectivity index (χ3n) is 7.02. The molecule has 2 N–H and O–H groups in total. The molecule has 6 rings (SSSR count). The summed E-state index contributed by atoms with van der Waals surface area (Å²) in [5.74, 6) is -1.18. The number of imidazole rings is 1. The number of aryl methyl sites for hydroxylation is 1. The number of pyridine rings is 1. The summed E-state index contributed by atoms with van der Waals surface area (Å²) in [6.45, 7) is 2.13. The van der Waals surface area contributed by atoms with Crippen LogP contribution in [0.2, 0.25) is 0 Å². The monoisotopic (exact) mass is 531 g/mol. The first-order valence-electron chi connectivity index (χ1n) is 12.6. The maximum absolute atomic E-state index is 13.7. The van der Waals surface area contributed by atoms with Gasteiger partial charge < -0.3 is 14.8 Å². The number of nitrogens with zero attached hydrogens (tertiary/aromatic N) is 2. The molecule has 3 aromatic carbocycles. The maximum Gasteiger partial charge on any atom is 0.335 e. The van der Waals surface area contributed by atoms with Crippen LogP contribution < -0.4 is 5.32 Å². The van der Waals surface area contributed by atoms with Crippen LogP contribution in [0.3, 0.4) is 0 Å². The van der Waals surface area contributed by atoms with Crippen LogP contribution >= 0.6 is 11.3 Å². The molecule has 0 aliphatic heterocycles. The van der Waals surface area contributed by atoms with Crippen LogP contribution in [0, 0.1) is 6.92 Å². The zero-order valence-electron chi connectivity index (χ0n) is 21.2. The Balaban J connectivity index is 1.36. The first-order valence-corrected chi connectivity index (χ1v) is 13.5. The molecular weight excluding hydrogens is 506 g/mol. The third-order valence-corrected chi connectivity index (χ3v) is 7.70. The van der Waals surface area contributed by atoms with Gasteiger partial charge in [-0.05, 0) is 75.0 Å². The number of nitrogens with one attached hydrogen (secondary N) is 1. The maximum atomic E-state index is 13.7. The summed E-state index contributed by atoms with van der Waals surface area (Å²) >= 11 is 1.61. The van der Waals surface area contributed by atoms with Crippen LogP contribution in [0.1, 0.15) is 43.1 Å². The van der Waals surface area contributed by atoms with E-state index in [1.54, 1.807) is 35.9 Å². The molecule has 3 heterocycles. The number of hydrogen-bond donors (Lipinski definition) is 2. The molecule has 0 spiro atoms. The van der Waals surface area contributed by atoms with Crippen molar-refractivity contribution in [2.24, 2.45) is 0 Å². The molecule has 0 saturated heterocycles. The lowest BCUT2D eigenvalue weighted by Crippen LogP contribution is -2.24. The molecule has 0 saturated carbocycles. The van der Waals surface area contributed by atoms with Crippen LogP contribution in [0.25, 0.3) is 27.4 Å². The summed E-state index contributed by atoms with van der Waals surface area (Å²) in [5.41, 5.74) is 7.16. The van der Waals surface area contributed by atoms with Gasteiger partial charge in [-0.25, -0.2) is 9.78 Å². The van der Waals surface area contributed by atoms with Gasteiger partial charge in [-0.15, -0.1) is 0 Å². The molecule has 192 valence electrons. The lowest BCUT2D eigenvalue weighted by Gasteiger charge is -2.12. The van der Waals surface area contributed by atoms with Crippen molar-refractivity contribution in [2.75, 3.05) is 0 Å². The smallest absolute Gasteiger partial charge is 0.335 e. The van der Waals surface area contributed by atoms with Gasteiger partial charge in [0.1, 0.15) is 0 Å². The van der Waals surface area contributed by atoms with Crippen LogP contribution in [0.15, 0.2) is 96.1 Å². The van der Waals surface area contributed by atoms with Gasteiger partial charge in [-0.2, -0.15) is 11.3 Å². The van der Waals surface area contributed by atoms with E-state index in [0.29, 0.717) is 12.0 Å². The standard InChI is InChI=1S/C32H25N3O3S/c1-20-12-24(32(37)38)8-9-25(20)16-33-31(36)28-15-27(26-10-11-39-18-26)17-35-19-34-29(30(28)35)14-21-6-7-22-4-2-3-5-23(22)13-21/h2-13,15,17-19H,14,16H2,1H3,(H,33,36)(H,37,38). The molecule has 6 nitrogen and oxygen atoms in total. The molecule has 6 aromatic rings. The van der Waals surface area contributed by atoms with Crippen molar-refractivity contribution in [3.8, 4) is 11.1 Å². The molecule has 1 amide bonds. The number of aromatic carboxylic acids is 1. The number of carbonyl (C=O) groups excluding carboxylic acids is 1. The number of rotatable bonds is 7. The van der Waals surface area contributed by atoms with E-state index in [1.165, 1.54) is 10.8 Å². The van der Waals surface area contributed by atoms with E-state index in [1.807, 2.05) is 47.2 Å². The largest absolute Gasteiger partial charge is 0.478 e. The average Bonchev–Trinajstić information content (AvgIpc) is 3.62. The first-order chi connectivity index (χ1) is 19.0. The Kier molecular flexibility index (Phi) is 6.42. The summed E-state index contributed by atoms with van der Waals surface area (Å²) in [6, 6.07) is 23.5. The van der Waals surface area contributed by atoms with Gasteiger partial charge in [0.05, 0.1) is 28.7 Å². The van der Waals surface area contributed by atoms with Gasteiger partial charge in [0.2, 0.25) is 0 Å². The van der Waals surface area contributed by atoms with Gasteiger partial charge in [0, 0.05) is 24.7 Å². The van der Waals surface area contributed by atoms with Gasteiger partial charge >= 0.3 is 5.97 Å². The number of thiophene rings is 1. The molecule has 0 radical (unpaired) electrons. The SMILES string of the molecule is Cc1cc(C(=O)O)ccc1CNC(=O)c1cc(-c2ccsc2)cn2cnc(Cc3ccc4ccccc4c3)c12.